The van der Waals surface area contributed by atoms with Crippen molar-refractivity contribution < 1.29 is 4.79 Å². The Morgan fingerprint density at radius 2 is 2.16 bits per heavy atom. The summed E-state index contributed by atoms with van der Waals surface area (Å²) >= 11 is 0. The molecule has 6 heteroatoms. The lowest BCUT2D eigenvalue weighted by atomic mass is 10.0. The van der Waals surface area contributed by atoms with Gasteiger partial charge in [0.05, 0.1) is 18.1 Å². The Labute approximate surface area is 149 Å². The molecule has 1 aromatic carbocycles. The third kappa shape index (κ3) is 3.83. The van der Waals surface area contributed by atoms with Crippen LogP contribution in [0, 0.1) is 6.92 Å². The molecule has 1 aliphatic heterocycles. The summed E-state index contributed by atoms with van der Waals surface area (Å²) in [6.45, 7) is 9.47. The van der Waals surface area contributed by atoms with E-state index in [1.807, 2.05) is 9.58 Å². The van der Waals surface area contributed by atoms with Gasteiger partial charge in [-0.15, -0.1) is 0 Å². The normalized spacial score (nSPS) is 17.8. The van der Waals surface area contributed by atoms with E-state index in [0.29, 0.717) is 6.54 Å². The number of aromatic nitrogens is 3. The average Bonchev–Trinajstić information content (AvgIpc) is 3.21. The molecule has 1 aliphatic rings. The molecule has 1 atom stereocenters. The first-order valence-electron chi connectivity index (χ1n) is 8.86. The van der Waals surface area contributed by atoms with E-state index in [-0.39, 0.29) is 17.6 Å². The number of carbonyl (C=O) groups excluding carboxylic acids is 1. The minimum atomic E-state index is -0.158. The number of carbonyl (C=O) groups is 1. The summed E-state index contributed by atoms with van der Waals surface area (Å²) in [5, 5.41) is 7.29. The van der Waals surface area contributed by atoms with Gasteiger partial charge in [0.2, 0.25) is 0 Å². The van der Waals surface area contributed by atoms with Crippen molar-refractivity contribution in [2.24, 2.45) is 0 Å². The van der Waals surface area contributed by atoms with Gasteiger partial charge in [-0.25, -0.2) is 14.5 Å². The highest BCUT2D eigenvalue weighted by Gasteiger charge is 2.30. The number of nitrogens with zero attached hydrogens (tertiary/aromatic N) is 4. The van der Waals surface area contributed by atoms with E-state index < -0.39 is 0 Å². The molecule has 2 amide bonds. The topological polar surface area (TPSA) is 63.1 Å². The number of benzene rings is 1. The Bertz CT molecular complexity index is 746. The molecule has 1 saturated heterocycles. The second kappa shape index (κ2) is 6.86. The fourth-order valence-corrected chi connectivity index (χ4v) is 3.44. The zero-order valence-corrected chi connectivity index (χ0v) is 15.5. The van der Waals surface area contributed by atoms with Crippen molar-refractivity contribution in [3.8, 4) is 0 Å². The van der Waals surface area contributed by atoms with Crippen molar-refractivity contribution >= 4 is 6.03 Å². The number of hydrogen-bond donors (Lipinski definition) is 1. The van der Waals surface area contributed by atoms with Crippen LogP contribution in [0.3, 0.4) is 0 Å². The zero-order valence-electron chi connectivity index (χ0n) is 15.5. The summed E-state index contributed by atoms with van der Waals surface area (Å²) in [7, 11) is 0. The fraction of sp³-hybridized carbons (Fsp3) is 0.526. The molecule has 1 aromatic heterocycles. The number of likely N-dealkylation sites (tertiary alicyclic amines) is 1. The number of hydrogen-bond acceptors (Lipinski definition) is 3. The molecule has 25 heavy (non-hydrogen) atoms. The smallest absolute Gasteiger partial charge is 0.318 e. The van der Waals surface area contributed by atoms with Crippen LogP contribution in [-0.2, 0) is 12.1 Å². The van der Waals surface area contributed by atoms with E-state index in [1.165, 1.54) is 17.5 Å². The number of urea groups is 1. The third-order valence-corrected chi connectivity index (χ3v) is 4.59. The molecule has 0 saturated carbocycles. The molecular formula is C19H27N5O. The summed E-state index contributed by atoms with van der Waals surface area (Å²) < 4.78 is 1.86. The molecule has 1 unspecified atom stereocenters. The van der Waals surface area contributed by atoms with Crippen LogP contribution >= 0.6 is 0 Å². The van der Waals surface area contributed by atoms with Gasteiger partial charge in [0, 0.05) is 6.54 Å². The van der Waals surface area contributed by atoms with Crippen molar-refractivity contribution in [3.05, 3.63) is 47.5 Å². The Morgan fingerprint density at radius 1 is 1.36 bits per heavy atom. The van der Waals surface area contributed by atoms with Gasteiger partial charge in [0.1, 0.15) is 12.2 Å². The second-order valence-corrected chi connectivity index (χ2v) is 7.68. The Balaban J connectivity index is 1.68. The largest absolute Gasteiger partial charge is 0.331 e. The summed E-state index contributed by atoms with van der Waals surface area (Å²) in [6, 6.07) is 8.55. The lowest BCUT2D eigenvalue weighted by molar-refractivity contribution is 0.191. The lowest BCUT2D eigenvalue weighted by Gasteiger charge is -2.26. The maximum absolute atomic E-state index is 12.7. The van der Waals surface area contributed by atoms with Crippen molar-refractivity contribution in [1.82, 2.24) is 25.0 Å². The van der Waals surface area contributed by atoms with Crippen molar-refractivity contribution in [3.63, 3.8) is 0 Å². The summed E-state index contributed by atoms with van der Waals surface area (Å²) in [5.74, 6) is 0.771. The van der Waals surface area contributed by atoms with Crippen LogP contribution in [0.1, 0.15) is 56.6 Å². The maximum Gasteiger partial charge on any atom is 0.318 e. The first-order chi connectivity index (χ1) is 11.9. The molecular weight excluding hydrogens is 314 g/mol. The van der Waals surface area contributed by atoms with E-state index >= 15 is 0 Å². The molecule has 0 spiro atoms. The summed E-state index contributed by atoms with van der Waals surface area (Å²) in [4.78, 5) is 19.0. The Morgan fingerprint density at radius 3 is 2.88 bits per heavy atom. The van der Waals surface area contributed by atoms with Gasteiger partial charge in [0.25, 0.3) is 0 Å². The number of aryl methyl sites for hydroxylation is 1. The van der Waals surface area contributed by atoms with Gasteiger partial charge in [-0.05, 0) is 46.1 Å². The number of amides is 2. The van der Waals surface area contributed by atoms with E-state index in [9.17, 15) is 4.79 Å². The molecule has 1 fully saturated rings. The quantitative estimate of drug-likeness (QED) is 0.931. The zero-order chi connectivity index (χ0) is 18.0. The summed E-state index contributed by atoms with van der Waals surface area (Å²) in [5.41, 5.74) is 2.28. The molecule has 134 valence electrons. The van der Waals surface area contributed by atoms with Crippen LogP contribution in [0.4, 0.5) is 4.79 Å². The Kier molecular flexibility index (Phi) is 4.79. The van der Waals surface area contributed by atoms with Crippen LogP contribution in [0.15, 0.2) is 30.6 Å². The standard InChI is InChI=1S/C19H27N5O/c1-14-7-5-8-15(11-14)16-9-6-10-23(16)18(25)20-12-17-21-13-22-24(17)19(2,3)4/h5,7-8,11,13,16H,6,9-10,12H2,1-4H3,(H,20,25). The SMILES string of the molecule is Cc1cccc(C2CCCN2C(=O)NCc2ncnn2C(C)(C)C)c1. The average molecular weight is 341 g/mol. The third-order valence-electron chi connectivity index (χ3n) is 4.59. The van der Waals surface area contributed by atoms with Gasteiger partial charge in [0.15, 0.2) is 0 Å². The van der Waals surface area contributed by atoms with Crippen molar-refractivity contribution in [2.75, 3.05) is 6.54 Å². The van der Waals surface area contributed by atoms with E-state index in [0.717, 1.165) is 25.2 Å². The fourth-order valence-electron chi connectivity index (χ4n) is 3.44. The van der Waals surface area contributed by atoms with Gasteiger partial charge in [-0.2, -0.15) is 5.10 Å². The van der Waals surface area contributed by atoms with E-state index in [1.54, 1.807) is 0 Å². The van der Waals surface area contributed by atoms with Gasteiger partial charge < -0.3 is 10.2 Å². The minimum Gasteiger partial charge on any atom is -0.331 e. The highest BCUT2D eigenvalue weighted by atomic mass is 16.2. The number of rotatable bonds is 3. The molecule has 1 N–H and O–H groups in total. The molecule has 2 heterocycles. The van der Waals surface area contributed by atoms with Crippen LogP contribution in [0.5, 0.6) is 0 Å². The van der Waals surface area contributed by atoms with E-state index in [2.05, 4.69) is 67.4 Å². The van der Waals surface area contributed by atoms with Gasteiger partial charge >= 0.3 is 6.03 Å². The molecule has 2 aromatic rings. The Hall–Kier alpha value is -2.37. The van der Waals surface area contributed by atoms with Crippen LogP contribution in [0.25, 0.3) is 0 Å². The number of nitrogens with one attached hydrogen (secondary N) is 1. The monoisotopic (exact) mass is 341 g/mol. The van der Waals surface area contributed by atoms with Crippen molar-refractivity contribution in [1.29, 1.82) is 0 Å². The summed E-state index contributed by atoms with van der Waals surface area (Å²) in [6.07, 6.45) is 3.58. The molecule has 0 aliphatic carbocycles. The highest BCUT2D eigenvalue weighted by Crippen LogP contribution is 2.32. The highest BCUT2D eigenvalue weighted by molar-refractivity contribution is 5.75. The van der Waals surface area contributed by atoms with Crippen LogP contribution in [-0.4, -0.2) is 32.2 Å². The first-order valence-corrected chi connectivity index (χ1v) is 8.86. The molecule has 0 radical (unpaired) electrons. The first kappa shape index (κ1) is 17.5. The minimum absolute atomic E-state index is 0.0348. The predicted octanol–water partition coefficient (Wildman–Crippen LogP) is 3.39. The lowest BCUT2D eigenvalue weighted by Crippen LogP contribution is -2.40. The van der Waals surface area contributed by atoms with Gasteiger partial charge in [-0.1, -0.05) is 29.8 Å². The van der Waals surface area contributed by atoms with Crippen LogP contribution in [0.2, 0.25) is 0 Å². The van der Waals surface area contributed by atoms with Crippen molar-refractivity contribution in [2.45, 2.75) is 58.7 Å². The van der Waals surface area contributed by atoms with Crippen LogP contribution < -0.4 is 5.32 Å². The van der Waals surface area contributed by atoms with E-state index in [4.69, 9.17) is 0 Å². The molecule has 6 nitrogen and oxygen atoms in total. The molecule has 0 bridgehead atoms. The maximum atomic E-state index is 12.7. The predicted molar refractivity (Wildman–Crippen MR) is 97.1 cm³/mol. The second-order valence-electron chi connectivity index (χ2n) is 7.68. The van der Waals surface area contributed by atoms with Gasteiger partial charge in [-0.3, -0.25) is 0 Å². The molecule has 3 rings (SSSR count).